The molecule has 1 heterocycles. The first-order chi connectivity index (χ1) is 8.97. The molecule has 0 atom stereocenters. The van der Waals surface area contributed by atoms with Crippen molar-refractivity contribution < 1.29 is 4.79 Å². The Morgan fingerprint density at radius 3 is 2.53 bits per heavy atom. The Kier molecular flexibility index (Phi) is 4.05. The lowest BCUT2D eigenvalue weighted by molar-refractivity contribution is -0.122. The lowest BCUT2D eigenvalue weighted by Gasteiger charge is -2.26. The van der Waals surface area contributed by atoms with Crippen LogP contribution in [-0.4, -0.2) is 5.91 Å². The minimum absolute atomic E-state index is 0.0655. The molecular weight excluding hydrogens is 254 g/mol. The van der Waals surface area contributed by atoms with Crippen molar-refractivity contribution in [3.8, 4) is 0 Å². The number of carbonyl (C=O) groups is 1. The first-order valence-electron chi connectivity index (χ1n) is 6.38. The van der Waals surface area contributed by atoms with Gasteiger partial charge in [-0.05, 0) is 43.3 Å². The zero-order chi connectivity index (χ0) is 13.9. The number of thiophene rings is 1. The lowest BCUT2D eigenvalue weighted by Crippen LogP contribution is -2.41. The molecule has 0 aliphatic heterocycles. The van der Waals surface area contributed by atoms with Gasteiger partial charge in [-0.3, -0.25) is 4.79 Å². The number of hydrogen-bond acceptors (Lipinski definition) is 2. The molecule has 100 valence electrons. The minimum atomic E-state index is -0.343. The zero-order valence-corrected chi connectivity index (χ0v) is 12.4. The second-order valence-corrected chi connectivity index (χ2v) is 6.30. The summed E-state index contributed by atoms with van der Waals surface area (Å²) in [6.07, 6.45) is 0.453. The molecular formula is C16H19NOS. The third kappa shape index (κ3) is 3.67. The maximum Gasteiger partial charge on any atom is 0.225 e. The van der Waals surface area contributed by atoms with Gasteiger partial charge in [-0.1, -0.05) is 30.3 Å². The van der Waals surface area contributed by atoms with Crippen molar-refractivity contribution in [2.24, 2.45) is 0 Å². The van der Waals surface area contributed by atoms with Gasteiger partial charge in [0.1, 0.15) is 0 Å². The smallest absolute Gasteiger partial charge is 0.225 e. The average Bonchev–Trinajstić information content (AvgIpc) is 2.75. The van der Waals surface area contributed by atoms with Gasteiger partial charge < -0.3 is 5.32 Å². The molecule has 0 aliphatic carbocycles. The van der Waals surface area contributed by atoms with Crippen molar-refractivity contribution in [3.63, 3.8) is 0 Å². The highest BCUT2D eigenvalue weighted by atomic mass is 32.1. The fourth-order valence-corrected chi connectivity index (χ4v) is 2.93. The normalized spacial score (nSPS) is 11.3. The van der Waals surface area contributed by atoms with E-state index in [0.29, 0.717) is 6.42 Å². The maximum atomic E-state index is 12.1. The largest absolute Gasteiger partial charge is 0.347 e. The molecule has 0 saturated heterocycles. The van der Waals surface area contributed by atoms with E-state index in [0.717, 1.165) is 10.4 Å². The Morgan fingerprint density at radius 2 is 1.95 bits per heavy atom. The molecule has 0 spiro atoms. The van der Waals surface area contributed by atoms with Crippen LogP contribution in [0, 0.1) is 6.92 Å². The molecule has 1 N–H and O–H groups in total. The molecule has 2 rings (SSSR count). The number of benzene rings is 1. The van der Waals surface area contributed by atoms with Crippen molar-refractivity contribution in [2.75, 3.05) is 0 Å². The lowest BCUT2D eigenvalue weighted by atomic mass is 9.94. The molecule has 2 aromatic rings. The summed E-state index contributed by atoms with van der Waals surface area (Å²) in [6, 6.07) is 12.1. The summed E-state index contributed by atoms with van der Waals surface area (Å²) >= 11 is 1.64. The monoisotopic (exact) mass is 273 g/mol. The standard InChI is InChI=1S/C16H19NOS/c1-12-9-14(19-11-12)10-15(18)17-16(2,3)13-7-5-4-6-8-13/h4-9,11H,10H2,1-3H3,(H,17,18). The van der Waals surface area contributed by atoms with Crippen molar-refractivity contribution >= 4 is 17.2 Å². The van der Waals surface area contributed by atoms with Crippen LogP contribution in [0.3, 0.4) is 0 Å². The Balaban J connectivity index is 2.02. The number of hydrogen-bond donors (Lipinski definition) is 1. The van der Waals surface area contributed by atoms with E-state index in [1.54, 1.807) is 11.3 Å². The highest BCUT2D eigenvalue weighted by molar-refractivity contribution is 7.10. The SMILES string of the molecule is Cc1csc(CC(=O)NC(C)(C)c2ccccc2)c1. The summed E-state index contributed by atoms with van der Waals surface area (Å²) in [7, 11) is 0. The Bertz CT molecular complexity index is 557. The third-order valence-electron chi connectivity index (χ3n) is 3.07. The quantitative estimate of drug-likeness (QED) is 0.905. The van der Waals surface area contributed by atoms with Crippen LogP contribution < -0.4 is 5.32 Å². The molecule has 0 radical (unpaired) electrons. The molecule has 0 bridgehead atoms. The molecule has 2 nitrogen and oxygen atoms in total. The van der Waals surface area contributed by atoms with Gasteiger partial charge in [-0.15, -0.1) is 11.3 Å². The number of amides is 1. The van der Waals surface area contributed by atoms with E-state index in [2.05, 4.69) is 16.8 Å². The summed E-state index contributed by atoms with van der Waals surface area (Å²) in [6.45, 7) is 6.10. The van der Waals surface area contributed by atoms with E-state index >= 15 is 0 Å². The van der Waals surface area contributed by atoms with E-state index in [1.807, 2.05) is 51.1 Å². The van der Waals surface area contributed by atoms with E-state index in [9.17, 15) is 4.79 Å². The molecule has 0 unspecified atom stereocenters. The summed E-state index contributed by atoms with van der Waals surface area (Å²) in [5.41, 5.74) is 1.99. The van der Waals surface area contributed by atoms with E-state index in [4.69, 9.17) is 0 Å². The average molecular weight is 273 g/mol. The fourth-order valence-electron chi connectivity index (χ4n) is 2.06. The van der Waals surface area contributed by atoms with Crippen LogP contribution >= 0.6 is 11.3 Å². The molecule has 0 saturated carbocycles. The van der Waals surface area contributed by atoms with E-state index < -0.39 is 0 Å². The second-order valence-electron chi connectivity index (χ2n) is 5.31. The number of rotatable bonds is 4. The van der Waals surface area contributed by atoms with Crippen LogP contribution in [0.2, 0.25) is 0 Å². The number of aryl methyl sites for hydroxylation is 1. The van der Waals surface area contributed by atoms with Crippen molar-refractivity contribution in [1.82, 2.24) is 5.32 Å². The van der Waals surface area contributed by atoms with Gasteiger partial charge >= 0.3 is 0 Å². The minimum Gasteiger partial charge on any atom is -0.347 e. The third-order valence-corrected chi connectivity index (χ3v) is 4.12. The molecule has 1 aromatic heterocycles. The second kappa shape index (κ2) is 5.57. The first-order valence-corrected chi connectivity index (χ1v) is 7.26. The highest BCUT2D eigenvalue weighted by Crippen LogP contribution is 2.20. The van der Waals surface area contributed by atoms with E-state index in [1.165, 1.54) is 5.56 Å². The summed E-state index contributed by atoms with van der Waals surface area (Å²) in [5.74, 6) is 0.0655. The summed E-state index contributed by atoms with van der Waals surface area (Å²) in [5, 5.41) is 5.17. The van der Waals surface area contributed by atoms with Crippen molar-refractivity contribution in [2.45, 2.75) is 32.7 Å². The maximum absolute atomic E-state index is 12.1. The zero-order valence-electron chi connectivity index (χ0n) is 11.6. The number of nitrogens with one attached hydrogen (secondary N) is 1. The number of carbonyl (C=O) groups excluding carboxylic acids is 1. The summed E-state index contributed by atoms with van der Waals surface area (Å²) < 4.78 is 0. The Morgan fingerprint density at radius 1 is 1.26 bits per heavy atom. The molecule has 19 heavy (non-hydrogen) atoms. The van der Waals surface area contributed by atoms with Crippen LogP contribution in [0.25, 0.3) is 0 Å². The van der Waals surface area contributed by atoms with Gasteiger partial charge in [0.15, 0.2) is 0 Å². The fraction of sp³-hybridized carbons (Fsp3) is 0.312. The molecule has 0 fully saturated rings. The molecule has 0 aliphatic rings. The van der Waals surface area contributed by atoms with Gasteiger partial charge in [-0.25, -0.2) is 0 Å². The van der Waals surface area contributed by atoms with Crippen molar-refractivity contribution in [3.05, 3.63) is 57.8 Å². The van der Waals surface area contributed by atoms with Gasteiger partial charge in [0.2, 0.25) is 5.91 Å². The highest BCUT2D eigenvalue weighted by Gasteiger charge is 2.22. The molecule has 3 heteroatoms. The van der Waals surface area contributed by atoms with Crippen LogP contribution in [0.5, 0.6) is 0 Å². The predicted octanol–water partition coefficient (Wildman–Crippen LogP) is 3.65. The van der Waals surface area contributed by atoms with Crippen molar-refractivity contribution in [1.29, 1.82) is 0 Å². The molecule has 1 aromatic carbocycles. The predicted molar refractivity (Wildman–Crippen MR) is 80.4 cm³/mol. The summed E-state index contributed by atoms with van der Waals surface area (Å²) in [4.78, 5) is 13.2. The van der Waals surface area contributed by atoms with Crippen LogP contribution in [-0.2, 0) is 16.8 Å². The van der Waals surface area contributed by atoms with Gasteiger partial charge in [-0.2, -0.15) is 0 Å². The van der Waals surface area contributed by atoms with Gasteiger partial charge in [0.05, 0.1) is 12.0 Å². The topological polar surface area (TPSA) is 29.1 Å². The molecule has 1 amide bonds. The Hall–Kier alpha value is -1.61. The Labute approximate surface area is 118 Å². The van der Waals surface area contributed by atoms with E-state index in [-0.39, 0.29) is 11.4 Å². The van der Waals surface area contributed by atoms with Crippen LogP contribution in [0.15, 0.2) is 41.8 Å². The van der Waals surface area contributed by atoms with Gasteiger partial charge in [0, 0.05) is 4.88 Å². The van der Waals surface area contributed by atoms with Crippen LogP contribution in [0.4, 0.5) is 0 Å². The first kappa shape index (κ1) is 13.8. The van der Waals surface area contributed by atoms with Crippen LogP contribution in [0.1, 0.15) is 29.9 Å². The van der Waals surface area contributed by atoms with Gasteiger partial charge in [0.25, 0.3) is 0 Å².